The summed E-state index contributed by atoms with van der Waals surface area (Å²) in [7, 11) is 0. The van der Waals surface area contributed by atoms with Crippen molar-refractivity contribution in [2.75, 3.05) is 31.6 Å². The summed E-state index contributed by atoms with van der Waals surface area (Å²) in [6.07, 6.45) is 11.2. The van der Waals surface area contributed by atoms with Crippen LogP contribution in [0.2, 0.25) is 0 Å². The summed E-state index contributed by atoms with van der Waals surface area (Å²) < 4.78 is 7.31. The summed E-state index contributed by atoms with van der Waals surface area (Å²) in [5.74, 6) is 0.664. The molecule has 0 radical (unpaired) electrons. The number of pyridine rings is 1. The van der Waals surface area contributed by atoms with E-state index in [0.717, 1.165) is 61.3 Å². The fraction of sp³-hybridized carbons (Fsp3) is 0.381. The van der Waals surface area contributed by atoms with Gasteiger partial charge in [-0.15, -0.1) is 5.10 Å². The molecule has 4 aromatic heterocycles. The SMILES string of the molecule is c1cnc2ncc(-c3ccn4nc(NC5CC(N6CCOCC6)C5)ncc34)cc2n1. The number of morpholine rings is 1. The molecular formula is C21H22N8O. The van der Waals surface area contributed by atoms with E-state index < -0.39 is 0 Å². The first-order chi connectivity index (χ1) is 14.8. The fourth-order valence-corrected chi connectivity index (χ4v) is 4.34. The van der Waals surface area contributed by atoms with Gasteiger partial charge in [0.2, 0.25) is 5.95 Å². The Morgan fingerprint density at radius 1 is 1.00 bits per heavy atom. The van der Waals surface area contributed by atoms with Gasteiger partial charge in [-0.25, -0.2) is 19.5 Å². The van der Waals surface area contributed by atoms with Crippen LogP contribution in [0.5, 0.6) is 0 Å². The molecule has 0 amide bonds. The van der Waals surface area contributed by atoms with Crippen LogP contribution < -0.4 is 5.32 Å². The summed E-state index contributed by atoms with van der Waals surface area (Å²) in [5, 5.41) is 8.14. The normalized spacial score (nSPS) is 22.3. The van der Waals surface area contributed by atoms with Crippen molar-refractivity contribution in [3.63, 3.8) is 0 Å². The average molecular weight is 402 g/mol. The molecule has 0 spiro atoms. The summed E-state index contributed by atoms with van der Waals surface area (Å²) >= 11 is 0. The van der Waals surface area contributed by atoms with Gasteiger partial charge in [0.1, 0.15) is 5.52 Å². The van der Waals surface area contributed by atoms with E-state index in [1.165, 1.54) is 0 Å². The lowest BCUT2D eigenvalue weighted by Gasteiger charge is -2.44. The van der Waals surface area contributed by atoms with E-state index in [9.17, 15) is 0 Å². The van der Waals surface area contributed by atoms with Gasteiger partial charge >= 0.3 is 0 Å². The Balaban J connectivity index is 1.18. The van der Waals surface area contributed by atoms with Gasteiger partial charge in [-0.3, -0.25) is 9.88 Å². The maximum Gasteiger partial charge on any atom is 0.241 e. The van der Waals surface area contributed by atoms with Crippen molar-refractivity contribution in [2.45, 2.75) is 24.9 Å². The second-order valence-corrected chi connectivity index (χ2v) is 7.88. The molecule has 0 bridgehead atoms. The number of nitrogens with one attached hydrogen (secondary N) is 1. The van der Waals surface area contributed by atoms with Crippen molar-refractivity contribution in [1.82, 2.24) is 34.4 Å². The van der Waals surface area contributed by atoms with Crippen LogP contribution in [0.4, 0.5) is 5.95 Å². The number of ether oxygens (including phenoxy) is 1. The highest BCUT2D eigenvalue weighted by molar-refractivity contribution is 5.84. The highest BCUT2D eigenvalue weighted by Gasteiger charge is 2.34. The van der Waals surface area contributed by atoms with Crippen molar-refractivity contribution < 1.29 is 4.74 Å². The minimum Gasteiger partial charge on any atom is -0.379 e. The lowest BCUT2D eigenvalue weighted by atomic mass is 9.85. The van der Waals surface area contributed by atoms with Crippen LogP contribution in [-0.2, 0) is 4.74 Å². The predicted molar refractivity (Wildman–Crippen MR) is 112 cm³/mol. The topological polar surface area (TPSA) is 93.4 Å². The Kier molecular flexibility index (Phi) is 4.28. The molecule has 1 aliphatic carbocycles. The van der Waals surface area contributed by atoms with Crippen molar-refractivity contribution >= 4 is 22.6 Å². The second kappa shape index (κ2) is 7.26. The highest BCUT2D eigenvalue weighted by Crippen LogP contribution is 2.29. The number of aromatic nitrogens is 6. The molecule has 1 saturated heterocycles. The van der Waals surface area contributed by atoms with Gasteiger partial charge in [-0.05, 0) is 25.0 Å². The lowest BCUT2D eigenvalue weighted by molar-refractivity contribution is -0.00443. The molecule has 0 aromatic carbocycles. The molecule has 0 unspecified atom stereocenters. The molecule has 0 atom stereocenters. The Morgan fingerprint density at radius 2 is 1.87 bits per heavy atom. The Morgan fingerprint density at radius 3 is 2.77 bits per heavy atom. The molecule has 1 saturated carbocycles. The van der Waals surface area contributed by atoms with Gasteiger partial charge < -0.3 is 10.1 Å². The number of rotatable bonds is 4. The maximum atomic E-state index is 5.45. The number of anilines is 1. The molecular weight excluding hydrogens is 380 g/mol. The molecule has 1 N–H and O–H groups in total. The van der Waals surface area contributed by atoms with Crippen LogP contribution in [0.25, 0.3) is 27.8 Å². The van der Waals surface area contributed by atoms with Crippen LogP contribution in [0.3, 0.4) is 0 Å². The van der Waals surface area contributed by atoms with Crippen molar-refractivity contribution in [3.8, 4) is 11.1 Å². The van der Waals surface area contributed by atoms with Gasteiger partial charge in [-0.2, -0.15) is 0 Å². The van der Waals surface area contributed by atoms with Crippen LogP contribution in [0.15, 0.2) is 43.1 Å². The minimum absolute atomic E-state index is 0.425. The summed E-state index contributed by atoms with van der Waals surface area (Å²) in [6, 6.07) is 5.10. The van der Waals surface area contributed by atoms with Gasteiger partial charge in [-0.1, -0.05) is 0 Å². The number of hydrogen-bond acceptors (Lipinski definition) is 8. The molecule has 9 nitrogen and oxygen atoms in total. The van der Waals surface area contributed by atoms with Crippen LogP contribution in [0, 0.1) is 0 Å². The first kappa shape index (κ1) is 17.7. The van der Waals surface area contributed by atoms with Crippen molar-refractivity contribution in [3.05, 3.63) is 43.1 Å². The van der Waals surface area contributed by atoms with E-state index in [1.54, 1.807) is 12.4 Å². The molecule has 2 fully saturated rings. The first-order valence-electron chi connectivity index (χ1n) is 10.3. The predicted octanol–water partition coefficient (Wildman–Crippen LogP) is 2.01. The zero-order valence-corrected chi connectivity index (χ0v) is 16.5. The molecule has 1 aliphatic heterocycles. The Hall–Kier alpha value is -3.17. The standard InChI is InChI=1S/C21H22N8O/c1-4-29-19(17(1)14-9-18-20(24-12-14)23-3-2-22-18)13-25-21(27-29)26-15-10-16(11-15)28-5-7-30-8-6-28/h1-4,9,12-13,15-16H,5-8,10-11H2,(H,26,27). The molecule has 30 heavy (non-hydrogen) atoms. The number of nitrogens with zero attached hydrogens (tertiary/aromatic N) is 7. The van der Waals surface area contributed by atoms with E-state index in [-0.39, 0.29) is 0 Å². The third-order valence-electron chi connectivity index (χ3n) is 6.06. The quantitative estimate of drug-likeness (QED) is 0.554. The third-order valence-corrected chi connectivity index (χ3v) is 6.06. The first-order valence-corrected chi connectivity index (χ1v) is 10.3. The molecule has 5 heterocycles. The average Bonchev–Trinajstić information content (AvgIpc) is 3.19. The molecule has 2 aliphatic rings. The molecule has 4 aromatic rings. The number of fused-ring (bicyclic) bond motifs is 2. The zero-order chi connectivity index (χ0) is 19.9. The smallest absolute Gasteiger partial charge is 0.241 e. The van der Waals surface area contributed by atoms with Crippen molar-refractivity contribution in [1.29, 1.82) is 0 Å². The van der Waals surface area contributed by atoms with Gasteiger partial charge in [0.05, 0.1) is 24.9 Å². The van der Waals surface area contributed by atoms with Crippen LogP contribution in [0.1, 0.15) is 12.8 Å². The largest absolute Gasteiger partial charge is 0.379 e. The van der Waals surface area contributed by atoms with Crippen LogP contribution in [-0.4, -0.2) is 72.8 Å². The van der Waals surface area contributed by atoms with Crippen LogP contribution >= 0.6 is 0 Å². The van der Waals surface area contributed by atoms with E-state index in [4.69, 9.17) is 4.74 Å². The summed E-state index contributed by atoms with van der Waals surface area (Å²) in [5.41, 5.74) is 4.35. The second-order valence-electron chi connectivity index (χ2n) is 7.88. The molecule has 152 valence electrons. The minimum atomic E-state index is 0.425. The Labute approximate surface area is 173 Å². The van der Waals surface area contributed by atoms with Gasteiger partial charge in [0.25, 0.3) is 0 Å². The number of hydrogen-bond donors (Lipinski definition) is 1. The monoisotopic (exact) mass is 402 g/mol. The summed E-state index contributed by atoms with van der Waals surface area (Å²) in [4.78, 5) is 20.1. The molecule has 9 heteroatoms. The van der Waals surface area contributed by atoms with E-state index in [2.05, 4.69) is 35.3 Å². The van der Waals surface area contributed by atoms with E-state index >= 15 is 0 Å². The van der Waals surface area contributed by atoms with E-state index in [0.29, 0.717) is 23.7 Å². The fourth-order valence-electron chi connectivity index (χ4n) is 4.34. The van der Waals surface area contributed by atoms with E-state index in [1.807, 2.05) is 35.2 Å². The van der Waals surface area contributed by atoms with Crippen molar-refractivity contribution in [2.24, 2.45) is 0 Å². The Bertz CT molecular complexity index is 1200. The lowest BCUT2D eigenvalue weighted by Crippen LogP contribution is -2.53. The van der Waals surface area contributed by atoms with Gasteiger partial charge in [0, 0.05) is 61.1 Å². The van der Waals surface area contributed by atoms with Gasteiger partial charge in [0.15, 0.2) is 5.65 Å². The third kappa shape index (κ3) is 3.16. The highest BCUT2D eigenvalue weighted by atomic mass is 16.5. The molecule has 6 rings (SSSR count). The zero-order valence-electron chi connectivity index (χ0n) is 16.5. The summed E-state index contributed by atoms with van der Waals surface area (Å²) in [6.45, 7) is 3.79. The maximum absolute atomic E-state index is 5.45.